The summed E-state index contributed by atoms with van der Waals surface area (Å²) < 4.78 is 0. The predicted molar refractivity (Wildman–Crippen MR) is 165 cm³/mol. The number of benzene rings is 5. The molecular formula is C37H27N3. The number of nitrogens with zero attached hydrogens (tertiary/aromatic N) is 3. The third kappa shape index (κ3) is 4.74. The Bertz CT molecular complexity index is 1850. The fraction of sp³-hybridized carbons (Fsp3) is 0.0541. The fourth-order valence-corrected chi connectivity index (χ4v) is 5.33. The maximum atomic E-state index is 5.06. The number of hydrogen-bond acceptors (Lipinski definition) is 3. The third-order valence-electron chi connectivity index (χ3n) is 7.47. The van der Waals surface area contributed by atoms with Crippen LogP contribution in [-0.4, -0.2) is 15.0 Å². The van der Waals surface area contributed by atoms with Crippen molar-refractivity contribution in [1.29, 1.82) is 0 Å². The Morgan fingerprint density at radius 3 is 1.88 bits per heavy atom. The molecule has 3 nitrogen and oxygen atoms in total. The smallest absolute Gasteiger partial charge is 0.164 e. The Hall–Kier alpha value is -5.15. The van der Waals surface area contributed by atoms with Crippen molar-refractivity contribution < 1.29 is 0 Å². The summed E-state index contributed by atoms with van der Waals surface area (Å²) in [5.41, 5.74) is 6.81. The molecule has 0 amide bonds. The van der Waals surface area contributed by atoms with Crippen LogP contribution in [-0.2, 0) is 0 Å². The zero-order valence-electron chi connectivity index (χ0n) is 22.0. The molecule has 1 aliphatic rings. The van der Waals surface area contributed by atoms with Gasteiger partial charge >= 0.3 is 0 Å². The number of rotatable bonds is 5. The number of fused-ring (bicyclic) bond motifs is 1. The molecule has 0 radical (unpaired) electrons. The van der Waals surface area contributed by atoms with Crippen LogP contribution in [0.1, 0.15) is 23.7 Å². The van der Waals surface area contributed by atoms with E-state index in [-0.39, 0.29) is 5.92 Å². The summed E-state index contributed by atoms with van der Waals surface area (Å²) in [5, 5.41) is 2.31. The molecule has 0 fully saturated rings. The summed E-state index contributed by atoms with van der Waals surface area (Å²) in [6.07, 6.45) is 7.55. The van der Waals surface area contributed by atoms with Gasteiger partial charge in [-0.05, 0) is 39.5 Å². The van der Waals surface area contributed by atoms with Crippen molar-refractivity contribution in [2.75, 3.05) is 0 Å². The molecule has 1 unspecified atom stereocenters. The van der Waals surface area contributed by atoms with Crippen molar-refractivity contribution in [3.05, 3.63) is 157 Å². The molecule has 1 atom stereocenters. The van der Waals surface area contributed by atoms with Gasteiger partial charge in [-0.25, -0.2) is 15.0 Å². The van der Waals surface area contributed by atoms with Gasteiger partial charge in [0.15, 0.2) is 11.6 Å². The second-order valence-corrected chi connectivity index (χ2v) is 10.0. The normalized spacial score (nSPS) is 14.7. The SMILES string of the molecule is C1=CC(c2nc(-c3ccc(-c4ccccc4)cc3)nc(-c3cccc4ccccc34)n2)CC=C1c1ccccc1. The summed E-state index contributed by atoms with van der Waals surface area (Å²) in [7, 11) is 0. The Balaban J connectivity index is 1.31. The largest absolute Gasteiger partial charge is 0.212 e. The summed E-state index contributed by atoms with van der Waals surface area (Å²) >= 11 is 0. The van der Waals surface area contributed by atoms with Crippen LogP contribution in [0.15, 0.2) is 146 Å². The van der Waals surface area contributed by atoms with E-state index in [1.807, 2.05) is 12.1 Å². The first kappa shape index (κ1) is 23.9. The second kappa shape index (κ2) is 10.5. The lowest BCUT2D eigenvalue weighted by atomic mass is 9.92. The Morgan fingerprint density at radius 1 is 0.500 bits per heavy atom. The van der Waals surface area contributed by atoms with Crippen LogP contribution in [0.4, 0.5) is 0 Å². The average molecular weight is 514 g/mol. The molecule has 3 heteroatoms. The first-order chi connectivity index (χ1) is 19.8. The van der Waals surface area contributed by atoms with E-state index in [1.54, 1.807) is 0 Å². The van der Waals surface area contributed by atoms with Gasteiger partial charge in [0.1, 0.15) is 5.82 Å². The van der Waals surface area contributed by atoms with Crippen molar-refractivity contribution >= 4 is 16.3 Å². The molecule has 1 aromatic heterocycles. The molecule has 1 heterocycles. The van der Waals surface area contributed by atoms with E-state index >= 15 is 0 Å². The van der Waals surface area contributed by atoms with Crippen molar-refractivity contribution in [3.8, 4) is 33.9 Å². The molecule has 0 saturated heterocycles. The highest BCUT2D eigenvalue weighted by atomic mass is 15.0. The van der Waals surface area contributed by atoms with Crippen molar-refractivity contribution in [3.63, 3.8) is 0 Å². The van der Waals surface area contributed by atoms with Crippen LogP contribution in [0.3, 0.4) is 0 Å². The number of aromatic nitrogens is 3. The van der Waals surface area contributed by atoms with E-state index in [0.29, 0.717) is 11.6 Å². The van der Waals surface area contributed by atoms with Crippen LogP contribution < -0.4 is 0 Å². The lowest BCUT2D eigenvalue weighted by Crippen LogP contribution is -2.08. The molecule has 1 aliphatic carbocycles. The second-order valence-electron chi connectivity index (χ2n) is 10.0. The van der Waals surface area contributed by atoms with Crippen LogP contribution in [0.5, 0.6) is 0 Å². The van der Waals surface area contributed by atoms with E-state index < -0.39 is 0 Å². The third-order valence-corrected chi connectivity index (χ3v) is 7.47. The standard InChI is InChI=1S/C37H27N3/c1-3-10-26(11-4-1)28-18-22-31(23-19-28)35-38-36(32-24-20-29(21-25-32)27-12-5-2-6-13-27)40-37(39-35)34-17-9-15-30-14-7-8-16-33(30)34/h1-24,32H,25H2. The molecule has 0 spiro atoms. The highest BCUT2D eigenvalue weighted by Gasteiger charge is 2.19. The molecule has 0 bridgehead atoms. The summed E-state index contributed by atoms with van der Waals surface area (Å²) in [6, 6.07) is 44.1. The van der Waals surface area contributed by atoms with Gasteiger partial charge in [0.25, 0.3) is 0 Å². The Morgan fingerprint density at radius 2 is 1.12 bits per heavy atom. The summed E-state index contributed by atoms with van der Waals surface area (Å²) in [4.78, 5) is 15.1. The van der Waals surface area contributed by atoms with Gasteiger partial charge in [-0.15, -0.1) is 0 Å². The van der Waals surface area contributed by atoms with Crippen molar-refractivity contribution in [2.45, 2.75) is 12.3 Å². The maximum absolute atomic E-state index is 5.06. The Kier molecular flexibility index (Phi) is 6.31. The molecule has 6 aromatic rings. The van der Waals surface area contributed by atoms with Gasteiger partial charge in [0, 0.05) is 17.0 Å². The van der Waals surface area contributed by atoms with Crippen molar-refractivity contribution in [1.82, 2.24) is 15.0 Å². The molecule has 5 aromatic carbocycles. The molecule has 40 heavy (non-hydrogen) atoms. The van der Waals surface area contributed by atoms with Crippen LogP contribution in [0.25, 0.3) is 50.2 Å². The van der Waals surface area contributed by atoms with E-state index in [1.165, 1.54) is 27.6 Å². The highest BCUT2D eigenvalue weighted by molar-refractivity contribution is 5.95. The quantitative estimate of drug-likeness (QED) is 0.231. The average Bonchev–Trinajstić information content (AvgIpc) is 3.05. The van der Waals surface area contributed by atoms with Gasteiger partial charge in [-0.2, -0.15) is 0 Å². The summed E-state index contributed by atoms with van der Waals surface area (Å²) in [6.45, 7) is 0. The minimum absolute atomic E-state index is 0.0755. The fourth-order valence-electron chi connectivity index (χ4n) is 5.33. The predicted octanol–water partition coefficient (Wildman–Crippen LogP) is 9.15. The van der Waals surface area contributed by atoms with E-state index in [9.17, 15) is 0 Å². The molecule has 0 aliphatic heterocycles. The van der Waals surface area contributed by atoms with E-state index in [0.717, 1.165) is 28.8 Å². The topological polar surface area (TPSA) is 38.7 Å². The lowest BCUT2D eigenvalue weighted by molar-refractivity contribution is 0.766. The lowest BCUT2D eigenvalue weighted by Gasteiger charge is -2.17. The van der Waals surface area contributed by atoms with E-state index in [2.05, 4.69) is 133 Å². The van der Waals surface area contributed by atoms with Gasteiger partial charge in [0.05, 0.1) is 0 Å². The first-order valence-electron chi connectivity index (χ1n) is 13.7. The maximum Gasteiger partial charge on any atom is 0.164 e. The van der Waals surface area contributed by atoms with Crippen LogP contribution >= 0.6 is 0 Å². The van der Waals surface area contributed by atoms with Gasteiger partial charge in [-0.3, -0.25) is 0 Å². The number of allylic oxidation sites excluding steroid dienone is 4. The molecule has 7 rings (SSSR count). The van der Waals surface area contributed by atoms with Crippen LogP contribution in [0.2, 0.25) is 0 Å². The number of hydrogen-bond donors (Lipinski definition) is 0. The monoisotopic (exact) mass is 513 g/mol. The highest BCUT2D eigenvalue weighted by Crippen LogP contribution is 2.33. The van der Waals surface area contributed by atoms with Crippen LogP contribution in [0, 0.1) is 0 Å². The molecule has 190 valence electrons. The zero-order chi connectivity index (χ0) is 26.7. The van der Waals surface area contributed by atoms with E-state index in [4.69, 9.17) is 15.0 Å². The molecule has 0 N–H and O–H groups in total. The molecular weight excluding hydrogens is 486 g/mol. The minimum Gasteiger partial charge on any atom is -0.212 e. The van der Waals surface area contributed by atoms with Gasteiger partial charge in [0.2, 0.25) is 0 Å². The van der Waals surface area contributed by atoms with Gasteiger partial charge < -0.3 is 0 Å². The molecule has 0 saturated carbocycles. The first-order valence-corrected chi connectivity index (χ1v) is 13.7. The minimum atomic E-state index is 0.0755. The summed E-state index contributed by atoms with van der Waals surface area (Å²) in [5.74, 6) is 2.26. The Labute approximate surface area is 234 Å². The van der Waals surface area contributed by atoms with Crippen molar-refractivity contribution in [2.24, 2.45) is 0 Å². The van der Waals surface area contributed by atoms with Gasteiger partial charge in [-0.1, -0.05) is 146 Å². The zero-order valence-corrected chi connectivity index (χ0v) is 22.0.